The first-order chi connectivity index (χ1) is 21.0. The van der Waals surface area contributed by atoms with Crippen molar-refractivity contribution in [3.63, 3.8) is 0 Å². The SMILES string of the molecule is CC(C)CNC(=O)[C@@H](Cc1ccccc1)N(Cc1cccc(Br)c1)C(=O)CN(c1ccc(Cl)cc1)S(=O)(=O)c1ccccc1. The standard InChI is InChI=1S/C34H35BrClN3O4S/c1-25(2)22-37-34(41)32(21-26-10-5-3-6-11-26)38(23-27-12-9-13-28(35)20-27)33(40)24-39(30-18-16-29(36)17-19-30)44(42,43)31-14-7-4-8-15-31/h3-20,25,32H,21-24H2,1-2H3,(H,37,41)/t32-/m1/s1. The third-order valence-corrected chi connectivity index (χ3v) is 9.46. The molecule has 7 nitrogen and oxygen atoms in total. The van der Waals surface area contributed by atoms with E-state index in [1.807, 2.05) is 68.4 Å². The molecule has 4 aromatic rings. The van der Waals surface area contributed by atoms with E-state index in [1.54, 1.807) is 42.5 Å². The van der Waals surface area contributed by atoms with Gasteiger partial charge in [-0.2, -0.15) is 0 Å². The van der Waals surface area contributed by atoms with Crippen molar-refractivity contribution in [3.8, 4) is 0 Å². The predicted molar refractivity (Wildman–Crippen MR) is 179 cm³/mol. The molecule has 0 saturated carbocycles. The first-order valence-electron chi connectivity index (χ1n) is 14.2. The van der Waals surface area contributed by atoms with Crippen LogP contribution in [0.4, 0.5) is 5.69 Å². The van der Waals surface area contributed by atoms with Crippen molar-refractivity contribution < 1.29 is 18.0 Å². The molecular weight excluding hydrogens is 662 g/mol. The predicted octanol–water partition coefficient (Wildman–Crippen LogP) is 6.71. The maximum absolute atomic E-state index is 14.4. The highest BCUT2D eigenvalue weighted by Gasteiger charge is 2.34. The van der Waals surface area contributed by atoms with Crippen molar-refractivity contribution >= 4 is 55.1 Å². The Kier molecular flexibility index (Phi) is 11.6. The summed E-state index contributed by atoms with van der Waals surface area (Å²) < 4.78 is 29.9. The quantitative estimate of drug-likeness (QED) is 0.168. The van der Waals surface area contributed by atoms with E-state index in [4.69, 9.17) is 11.6 Å². The molecule has 0 fully saturated rings. The van der Waals surface area contributed by atoms with Gasteiger partial charge in [-0.1, -0.05) is 102 Å². The number of carbonyl (C=O) groups excluding carboxylic acids is 2. The zero-order chi connectivity index (χ0) is 31.7. The molecule has 10 heteroatoms. The van der Waals surface area contributed by atoms with Crippen molar-refractivity contribution in [2.45, 2.75) is 37.8 Å². The molecule has 0 spiro atoms. The van der Waals surface area contributed by atoms with Gasteiger partial charge in [0.2, 0.25) is 11.8 Å². The van der Waals surface area contributed by atoms with Crippen molar-refractivity contribution in [2.24, 2.45) is 5.92 Å². The lowest BCUT2D eigenvalue weighted by molar-refractivity contribution is -0.140. The van der Waals surface area contributed by atoms with Crippen LogP contribution in [0, 0.1) is 5.92 Å². The summed E-state index contributed by atoms with van der Waals surface area (Å²) >= 11 is 9.62. The van der Waals surface area contributed by atoms with Gasteiger partial charge in [0.05, 0.1) is 10.6 Å². The second kappa shape index (κ2) is 15.4. The second-order valence-electron chi connectivity index (χ2n) is 10.8. The number of rotatable bonds is 13. The Hall–Kier alpha value is -3.66. The maximum atomic E-state index is 14.4. The van der Waals surface area contributed by atoms with Crippen LogP contribution in [0.3, 0.4) is 0 Å². The Labute approximate surface area is 273 Å². The van der Waals surface area contributed by atoms with E-state index in [0.717, 1.165) is 19.9 Å². The fraction of sp³-hybridized carbons (Fsp3) is 0.235. The van der Waals surface area contributed by atoms with Crippen LogP contribution in [0.1, 0.15) is 25.0 Å². The molecule has 0 radical (unpaired) electrons. The van der Waals surface area contributed by atoms with Crippen LogP contribution in [-0.4, -0.2) is 44.3 Å². The summed E-state index contributed by atoms with van der Waals surface area (Å²) in [6.45, 7) is 3.98. The number of sulfonamides is 1. The molecule has 0 bridgehead atoms. The van der Waals surface area contributed by atoms with Crippen molar-refractivity contribution in [2.75, 3.05) is 17.4 Å². The van der Waals surface area contributed by atoms with Gasteiger partial charge in [-0.05, 0) is 65.6 Å². The van der Waals surface area contributed by atoms with Crippen LogP contribution < -0.4 is 9.62 Å². The summed E-state index contributed by atoms with van der Waals surface area (Å²) in [4.78, 5) is 29.8. The fourth-order valence-electron chi connectivity index (χ4n) is 4.66. The molecule has 2 amide bonds. The van der Waals surface area contributed by atoms with Crippen LogP contribution in [0.5, 0.6) is 0 Å². The molecule has 0 aromatic heterocycles. The lowest BCUT2D eigenvalue weighted by Crippen LogP contribution is -2.53. The summed E-state index contributed by atoms with van der Waals surface area (Å²) in [5.41, 5.74) is 1.93. The number of hydrogen-bond donors (Lipinski definition) is 1. The average molecular weight is 697 g/mol. The Balaban J connectivity index is 1.79. The zero-order valence-electron chi connectivity index (χ0n) is 24.6. The van der Waals surface area contributed by atoms with Gasteiger partial charge in [-0.3, -0.25) is 13.9 Å². The first kappa shape index (κ1) is 33.2. The number of amides is 2. The van der Waals surface area contributed by atoms with Crippen molar-refractivity contribution in [3.05, 3.63) is 130 Å². The topological polar surface area (TPSA) is 86.8 Å². The fourth-order valence-corrected chi connectivity index (χ4v) is 6.67. The van der Waals surface area contributed by atoms with Crippen LogP contribution in [0.15, 0.2) is 119 Å². The zero-order valence-corrected chi connectivity index (χ0v) is 27.7. The molecular formula is C34H35BrClN3O4S. The lowest BCUT2D eigenvalue weighted by Gasteiger charge is -2.34. The molecule has 0 unspecified atom stereocenters. The highest BCUT2D eigenvalue weighted by Crippen LogP contribution is 2.26. The van der Waals surface area contributed by atoms with E-state index in [2.05, 4.69) is 21.2 Å². The summed E-state index contributed by atoms with van der Waals surface area (Å²) in [6.07, 6.45) is 0.247. The van der Waals surface area contributed by atoms with E-state index in [0.29, 0.717) is 11.6 Å². The molecule has 1 atom stereocenters. The molecule has 230 valence electrons. The molecule has 0 heterocycles. The number of nitrogens with one attached hydrogen (secondary N) is 1. The Bertz CT molecular complexity index is 1650. The highest BCUT2D eigenvalue weighted by molar-refractivity contribution is 9.10. The van der Waals surface area contributed by atoms with Gasteiger partial charge in [0.15, 0.2) is 0 Å². The molecule has 1 N–H and O–H groups in total. The minimum Gasteiger partial charge on any atom is -0.354 e. The first-order valence-corrected chi connectivity index (χ1v) is 16.8. The van der Waals surface area contributed by atoms with Gasteiger partial charge in [-0.15, -0.1) is 0 Å². The van der Waals surface area contributed by atoms with Crippen molar-refractivity contribution in [1.29, 1.82) is 0 Å². The van der Waals surface area contributed by atoms with Crippen LogP contribution in [-0.2, 0) is 32.6 Å². The second-order valence-corrected chi connectivity index (χ2v) is 14.0. The van der Waals surface area contributed by atoms with Crippen molar-refractivity contribution in [1.82, 2.24) is 10.2 Å². The number of benzene rings is 4. The van der Waals surface area contributed by atoms with Gasteiger partial charge in [0.25, 0.3) is 10.0 Å². The van der Waals surface area contributed by atoms with E-state index in [-0.39, 0.29) is 35.4 Å². The Morgan fingerprint density at radius 3 is 2.07 bits per heavy atom. The molecule has 44 heavy (non-hydrogen) atoms. The number of halogens is 2. The highest BCUT2D eigenvalue weighted by atomic mass is 79.9. The number of hydrogen-bond acceptors (Lipinski definition) is 4. The summed E-state index contributed by atoms with van der Waals surface area (Å²) in [7, 11) is -4.17. The lowest BCUT2D eigenvalue weighted by atomic mass is 10.0. The van der Waals surface area contributed by atoms with Crippen LogP contribution >= 0.6 is 27.5 Å². The minimum absolute atomic E-state index is 0.0387. The number of anilines is 1. The third kappa shape index (κ3) is 8.94. The van der Waals surface area contributed by atoms with Gasteiger partial charge in [0, 0.05) is 29.0 Å². The third-order valence-electron chi connectivity index (χ3n) is 6.92. The normalized spacial score (nSPS) is 12.0. The van der Waals surface area contributed by atoms with E-state index >= 15 is 0 Å². The van der Waals surface area contributed by atoms with Gasteiger partial charge < -0.3 is 10.2 Å². The molecule has 0 aliphatic carbocycles. The molecule has 4 aromatic carbocycles. The van der Waals surface area contributed by atoms with Gasteiger partial charge in [-0.25, -0.2) is 8.42 Å². The number of carbonyl (C=O) groups is 2. The monoisotopic (exact) mass is 695 g/mol. The van der Waals surface area contributed by atoms with Crippen LogP contribution in [0.2, 0.25) is 5.02 Å². The Morgan fingerprint density at radius 2 is 1.45 bits per heavy atom. The largest absolute Gasteiger partial charge is 0.354 e. The summed E-state index contributed by atoms with van der Waals surface area (Å²) in [5.74, 6) is -0.642. The maximum Gasteiger partial charge on any atom is 0.264 e. The summed E-state index contributed by atoms with van der Waals surface area (Å²) in [5, 5.41) is 3.42. The van der Waals surface area contributed by atoms with Crippen LogP contribution in [0.25, 0.3) is 0 Å². The van der Waals surface area contributed by atoms with E-state index in [1.165, 1.54) is 17.0 Å². The number of nitrogens with zero attached hydrogens (tertiary/aromatic N) is 2. The smallest absolute Gasteiger partial charge is 0.264 e. The van der Waals surface area contributed by atoms with Gasteiger partial charge in [0.1, 0.15) is 12.6 Å². The average Bonchev–Trinajstić information content (AvgIpc) is 3.01. The minimum atomic E-state index is -4.17. The van der Waals surface area contributed by atoms with Gasteiger partial charge >= 0.3 is 0 Å². The van der Waals surface area contributed by atoms with E-state index < -0.39 is 28.5 Å². The Morgan fingerprint density at radius 1 is 0.841 bits per heavy atom. The molecule has 0 saturated heterocycles. The molecule has 4 rings (SSSR count). The summed E-state index contributed by atoms with van der Waals surface area (Å²) in [6, 6.07) is 30.3. The molecule has 0 aliphatic rings. The van der Waals surface area contributed by atoms with E-state index in [9.17, 15) is 18.0 Å². The molecule has 0 aliphatic heterocycles.